The predicted molar refractivity (Wildman–Crippen MR) is 114 cm³/mol. The van der Waals surface area contributed by atoms with Crippen molar-refractivity contribution in [1.82, 2.24) is 9.21 Å². The number of fused-ring (bicyclic) bond motifs is 2. The number of hydrogen-bond donors (Lipinski definition) is 0. The SMILES string of the molecule is O=C1CC2CCN(S(=O)(=O)c3ccccc3)CC2CCN1Cc1ccc2c(c1)OCO2. The molecule has 3 heterocycles. The molecule has 0 aromatic heterocycles. The molecule has 1 amide bonds. The molecule has 2 aromatic carbocycles. The van der Waals surface area contributed by atoms with E-state index in [1.165, 1.54) is 0 Å². The lowest BCUT2D eigenvalue weighted by atomic mass is 9.83. The molecule has 0 bridgehead atoms. The Balaban J connectivity index is 1.27. The number of likely N-dealkylation sites (tertiary alicyclic amines) is 1. The molecule has 3 aliphatic heterocycles. The van der Waals surface area contributed by atoms with Crippen molar-refractivity contribution in [1.29, 1.82) is 0 Å². The summed E-state index contributed by atoms with van der Waals surface area (Å²) in [4.78, 5) is 15.2. The number of sulfonamides is 1. The minimum Gasteiger partial charge on any atom is -0.454 e. The Hall–Kier alpha value is -2.58. The van der Waals surface area contributed by atoms with E-state index in [9.17, 15) is 13.2 Å². The normalized spacial score (nSPS) is 24.0. The van der Waals surface area contributed by atoms with Gasteiger partial charge in [0, 0.05) is 32.6 Å². The molecule has 0 N–H and O–H groups in total. The molecule has 0 aliphatic carbocycles. The van der Waals surface area contributed by atoms with Crippen molar-refractivity contribution in [3.63, 3.8) is 0 Å². The van der Waals surface area contributed by atoms with Crippen LogP contribution >= 0.6 is 0 Å². The highest BCUT2D eigenvalue weighted by atomic mass is 32.2. The molecule has 5 rings (SSSR count). The zero-order chi connectivity index (χ0) is 21.4. The van der Waals surface area contributed by atoms with E-state index >= 15 is 0 Å². The van der Waals surface area contributed by atoms with Crippen LogP contribution in [0.5, 0.6) is 11.5 Å². The molecule has 2 atom stereocenters. The minimum atomic E-state index is -3.50. The van der Waals surface area contributed by atoms with Crippen LogP contribution in [0.1, 0.15) is 24.8 Å². The quantitative estimate of drug-likeness (QED) is 0.728. The molecular formula is C23H26N2O5S. The lowest BCUT2D eigenvalue weighted by molar-refractivity contribution is -0.132. The summed E-state index contributed by atoms with van der Waals surface area (Å²) in [5.74, 6) is 2.02. The van der Waals surface area contributed by atoms with Gasteiger partial charge in [-0.05, 0) is 54.5 Å². The first kappa shape index (κ1) is 20.3. The zero-order valence-corrected chi connectivity index (χ0v) is 18.1. The molecule has 164 valence electrons. The molecule has 2 unspecified atom stereocenters. The summed E-state index contributed by atoms with van der Waals surface area (Å²) < 4.78 is 38.5. The molecular weight excluding hydrogens is 416 g/mol. The maximum absolute atomic E-state index is 13.0. The summed E-state index contributed by atoms with van der Waals surface area (Å²) in [7, 11) is -3.50. The third kappa shape index (κ3) is 4.02. The van der Waals surface area contributed by atoms with Gasteiger partial charge in [0.2, 0.25) is 22.7 Å². The van der Waals surface area contributed by atoms with Crippen LogP contribution in [0.15, 0.2) is 53.4 Å². The second-order valence-corrected chi connectivity index (χ2v) is 10.4. The monoisotopic (exact) mass is 442 g/mol. The average molecular weight is 443 g/mol. The maximum atomic E-state index is 13.0. The number of hydrogen-bond acceptors (Lipinski definition) is 5. The number of piperidine rings is 1. The van der Waals surface area contributed by atoms with Crippen molar-refractivity contribution in [3.05, 3.63) is 54.1 Å². The van der Waals surface area contributed by atoms with Crippen molar-refractivity contribution in [2.75, 3.05) is 26.4 Å². The van der Waals surface area contributed by atoms with E-state index in [-0.39, 0.29) is 24.5 Å². The average Bonchev–Trinajstić information content (AvgIpc) is 3.19. The first-order valence-corrected chi connectivity index (χ1v) is 12.2. The molecule has 2 aromatic rings. The smallest absolute Gasteiger partial charge is 0.243 e. The van der Waals surface area contributed by atoms with Gasteiger partial charge in [-0.1, -0.05) is 24.3 Å². The van der Waals surface area contributed by atoms with Crippen LogP contribution in [-0.2, 0) is 21.4 Å². The van der Waals surface area contributed by atoms with Crippen molar-refractivity contribution >= 4 is 15.9 Å². The largest absolute Gasteiger partial charge is 0.454 e. The topological polar surface area (TPSA) is 76.2 Å². The molecule has 31 heavy (non-hydrogen) atoms. The molecule has 0 spiro atoms. The van der Waals surface area contributed by atoms with Gasteiger partial charge >= 0.3 is 0 Å². The van der Waals surface area contributed by atoms with Gasteiger partial charge in [0.25, 0.3) is 0 Å². The fourth-order valence-corrected chi connectivity index (χ4v) is 6.36. The highest BCUT2D eigenvalue weighted by Gasteiger charge is 2.38. The highest BCUT2D eigenvalue weighted by molar-refractivity contribution is 7.89. The van der Waals surface area contributed by atoms with Crippen LogP contribution in [0.2, 0.25) is 0 Å². The summed E-state index contributed by atoms with van der Waals surface area (Å²) in [5, 5.41) is 0. The van der Waals surface area contributed by atoms with E-state index < -0.39 is 10.0 Å². The van der Waals surface area contributed by atoms with E-state index in [0.29, 0.717) is 37.5 Å². The standard InChI is InChI=1S/C23H26N2O5S/c26-23-13-18-9-11-25(31(27,28)20-4-2-1-3-5-20)15-19(18)8-10-24(23)14-17-6-7-21-22(12-17)30-16-29-21/h1-7,12,18-19H,8-11,13-16H2. The fraction of sp³-hybridized carbons (Fsp3) is 0.435. The van der Waals surface area contributed by atoms with Gasteiger partial charge in [0.15, 0.2) is 11.5 Å². The van der Waals surface area contributed by atoms with Crippen molar-refractivity contribution < 1.29 is 22.7 Å². The minimum absolute atomic E-state index is 0.143. The van der Waals surface area contributed by atoms with Gasteiger partial charge in [-0.15, -0.1) is 0 Å². The van der Waals surface area contributed by atoms with Crippen molar-refractivity contribution in [3.8, 4) is 11.5 Å². The fourth-order valence-electron chi connectivity index (χ4n) is 4.83. The van der Waals surface area contributed by atoms with Crippen LogP contribution in [0.4, 0.5) is 0 Å². The molecule has 2 saturated heterocycles. The molecule has 3 aliphatic rings. The van der Waals surface area contributed by atoms with E-state index in [0.717, 1.165) is 29.9 Å². The summed E-state index contributed by atoms with van der Waals surface area (Å²) in [5.41, 5.74) is 1.01. The number of amides is 1. The van der Waals surface area contributed by atoms with Crippen LogP contribution in [0.3, 0.4) is 0 Å². The lowest BCUT2D eigenvalue weighted by Crippen LogP contribution is -2.43. The Bertz CT molecular complexity index is 1070. The summed E-state index contributed by atoms with van der Waals surface area (Å²) >= 11 is 0. The van der Waals surface area contributed by atoms with Crippen LogP contribution < -0.4 is 9.47 Å². The first-order valence-electron chi connectivity index (χ1n) is 10.7. The van der Waals surface area contributed by atoms with E-state index in [1.54, 1.807) is 28.6 Å². The number of carbonyl (C=O) groups is 1. The third-order valence-electron chi connectivity index (χ3n) is 6.60. The Labute approximate surface area is 182 Å². The van der Waals surface area contributed by atoms with Crippen molar-refractivity contribution in [2.24, 2.45) is 11.8 Å². The molecule has 0 saturated carbocycles. The van der Waals surface area contributed by atoms with Crippen molar-refractivity contribution in [2.45, 2.75) is 30.7 Å². The Morgan fingerprint density at radius 2 is 1.71 bits per heavy atom. The second kappa shape index (κ2) is 8.16. The maximum Gasteiger partial charge on any atom is 0.243 e. The molecule has 8 heteroatoms. The van der Waals surface area contributed by atoms with Gasteiger partial charge in [-0.3, -0.25) is 4.79 Å². The van der Waals surface area contributed by atoms with Gasteiger partial charge in [-0.2, -0.15) is 4.31 Å². The zero-order valence-electron chi connectivity index (χ0n) is 17.3. The van der Waals surface area contributed by atoms with Crippen LogP contribution in [0, 0.1) is 11.8 Å². The first-order chi connectivity index (χ1) is 15.0. The van der Waals surface area contributed by atoms with Gasteiger partial charge in [0.1, 0.15) is 0 Å². The summed E-state index contributed by atoms with van der Waals surface area (Å²) in [6.07, 6.45) is 2.01. The number of carbonyl (C=O) groups excluding carboxylic acids is 1. The number of benzene rings is 2. The third-order valence-corrected chi connectivity index (χ3v) is 8.48. The Morgan fingerprint density at radius 3 is 2.55 bits per heavy atom. The van der Waals surface area contributed by atoms with Gasteiger partial charge < -0.3 is 14.4 Å². The molecule has 0 radical (unpaired) electrons. The predicted octanol–water partition coefficient (Wildman–Crippen LogP) is 2.86. The number of rotatable bonds is 4. The number of nitrogens with zero attached hydrogens (tertiary/aromatic N) is 2. The van der Waals surface area contributed by atoms with Gasteiger partial charge in [0.05, 0.1) is 4.90 Å². The highest BCUT2D eigenvalue weighted by Crippen LogP contribution is 2.36. The molecule has 2 fully saturated rings. The Kier molecular flexibility index (Phi) is 5.35. The number of ether oxygens (including phenoxy) is 2. The van der Waals surface area contributed by atoms with Gasteiger partial charge in [-0.25, -0.2) is 8.42 Å². The molecule has 7 nitrogen and oxygen atoms in total. The van der Waals surface area contributed by atoms with E-state index in [1.807, 2.05) is 29.2 Å². The summed E-state index contributed by atoms with van der Waals surface area (Å²) in [6, 6.07) is 14.4. The lowest BCUT2D eigenvalue weighted by Gasteiger charge is -2.36. The van der Waals surface area contributed by atoms with Crippen LogP contribution in [0.25, 0.3) is 0 Å². The van der Waals surface area contributed by atoms with E-state index in [2.05, 4.69) is 0 Å². The van der Waals surface area contributed by atoms with Crippen LogP contribution in [-0.4, -0.2) is 50.0 Å². The Morgan fingerprint density at radius 1 is 0.935 bits per heavy atom. The summed E-state index contributed by atoms with van der Waals surface area (Å²) in [6.45, 7) is 2.34. The second-order valence-electron chi connectivity index (χ2n) is 8.48. The van der Waals surface area contributed by atoms with E-state index in [4.69, 9.17) is 9.47 Å².